The topological polar surface area (TPSA) is 24.9 Å². The maximum absolute atomic E-state index is 4.48. The molecule has 2 nitrogen and oxygen atoms in total. The third kappa shape index (κ3) is 4.12. The minimum Gasteiger partial charge on any atom is -0.370 e. The van der Waals surface area contributed by atoms with Crippen LogP contribution in [0.25, 0.3) is 0 Å². The minimum absolute atomic E-state index is 0.331. The highest BCUT2D eigenvalue weighted by molar-refractivity contribution is 9.10. The predicted octanol–water partition coefficient (Wildman–Crippen LogP) is 4.39. The summed E-state index contributed by atoms with van der Waals surface area (Å²) in [5.41, 5.74) is 1.36. The van der Waals surface area contributed by atoms with Crippen molar-refractivity contribution in [2.75, 3.05) is 11.9 Å². The zero-order chi connectivity index (χ0) is 12.2. The average Bonchev–Trinajstić information content (AvgIpc) is 2.20. The molecule has 1 rings (SSSR count). The number of aryl methyl sites for hydroxylation is 1. The molecule has 1 aromatic heterocycles. The van der Waals surface area contributed by atoms with Gasteiger partial charge in [0.15, 0.2) is 0 Å². The van der Waals surface area contributed by atoms with Gasteiger partial charge in [0.25, 0.3) is 0 Å². The molecule has 3 heteroatoms. The SMILES string of the molecule is CCCC(C)(C)CNc1ccc(Br)c(C)n1. The summed E-state index contributed by atoms with van der Waals surface area (Å²) in [6, 6.07) is 4.05. The van der Waals surface area contributed by atoms with Crippen LogP contribution in [0, 0.1) is 12.3 Å². The molecule has 0 unspecified atom stereocenters. The lowest BCUT2D eigenvalue weighted by molar-refractivity contribution is 0.354. The Morgan fingerprint density at radius 1 is 1.38 bits per heavy atom. The monoisotopic (exact) mass is 284 g/mol. The summed E-state index contributed by atoms with van der Waals surface area (Å²) in [6.07, 6.45) is 2.46. The molecule has 90 valence electrons. The zero-order valence-electron chi connectivity index (χ0n) is 10.6. The van der Waals surface area contributed by atoms with Crippen LogP contribution in [-0.4, -0.2) is 11.5 Å². The normalized spacial score (nSPS) is 11.6. The van der Waals surface area contributed by atoms with Crippen LogP contribution in [0.3, 0.4) is 0 Å². The van der Waals surface area contributed by atoms with Gasteiger partial charge in [-0.05, 0) is 46.8 Å². The van der Waals surface area contributed by atoms with E-state index < -0.39 is 0 Å². The Bertz CT molecular complexity index is 348. The maximum atomic E-state index is 4.48. The fourth-order valence-electron chi connectivity index (χ4n) is 1.74. The lowest BCUT2D eigenvalue weighted by Crippen LogP contribution is -2.23. The zero-order valence-corrected chi connectivity index (χ0v) is 12.2. The van der Waals surface area contributed by atoms with Crippen LogP contribution >= 0.6 is 15.9 Å². The van der Waals surface area contributed by atoms with Crippen molar-refractivity contribution in [2.24, 2.45) is 5.41 Å². The van der Waals surface area contributed by atoms with Gasteiger partial charge >= 0.3 is 0 Å². The number of anilines is 1. The number of rotatable bonds is 5. The molecule has 0 amide bonds. The number of nitrogens with one attached hydrogen (secondary N) is 1. The van der Waals surface area contributed by atoms with E-state index in [-0.39, 0.29) is 0 Å². The molecule has 1 aromatic rings. The first-order valence-electron chi connectivity index (χ1n) is 5.81. The summed E-state index contributed by atoms with van der Waals surface area (Å²) in [4.78, 5) is 4.48. The summed E-state index contributed by atoms with van der Waals surface area (Å²) >= 11 is 3.45. The van der Waals surface area contributed by atoms with E-state index >= 15 is 0 Å². The molecule has 0 aliphatic heterocycles. The molecule has 1 N–H and O–H groups in total. The van der Waals surface area contributed by atoms with Crippen LogP contribution in [-0.2, 0) is 0 Å². The molecule has 0 saturated heterocycles. The summed E-state index contributed by atoms with van der Waals surface area (Å²) in [5, 5.41) is 3.41. The maximum Gasteiger partial charge on any atom is 0.126 e. The Hall–Kier alpha value is -0.570. The van der Waals surface area contributed by atoms with Gasteiger partial charge < -0.3 is 5.32 Å². The third-order valence-electron chi connectivity index (χ3n) is 2.70. The van der Waals surface area contributed by atoms with Gasteiger partial charge in [0, 0.05) is 11.0 Å². The van der Waals surface area contributed by atoms with Crippen LogP contribution in [0.2, 0.25) is 0 Å². The molecule has 0 radical (unpaired) electrons. The number of pyridine rings is 1. The highest BCUT2D eigenvalue weighted by atomic mass is 79.9. The summed E-state index contributed by atoms with van der Waals surface area (Å²) in [7, 11) is 0. The molecule has 0 aliphatic carbocycles. The molecule has 0 saturated carbocycles. The lowest BCUT2D eigenvalue weighted by atomic mass is 9.88. The number of aromatic nitrogens is 1. The fourth-order valence-corrected chi connectivity index (χ4v) is 1.96. The molecule has 0 fully saturated rings. The van der Waals surface area contributed by atoms with Gasteiger partial charge in [0.05, 0.1) is 5.69 Å². The van der Waals surface area contributed by atoms with E-state index in [9.17, 15) is 0 Å². The van der Waals surface area contributed by atoms with Gasteiger partial charge in [0.2, 0.25) is 0 Å². The Kier molecular flexibility index (Phi) is 4.78. The van der Waals surface area contributed by atoms with Gasteiger partial charge in [-0.15, -0.1) is 0 Å². The molecule has 1 heterocycles. The predicted molar refractivity (Wildman–Crippen MR) is 73.9 cm³/mol. The Morgan fingerprint density at radius 3 is 2.62 bits per heavy atom. The Balaban J connectivity index is 2.57. The van der Waals surface area contributed by atoms with Crippen LogP contribution in [0.5, 0.6) is 0 Å². The van der Waals surface area contributed by atoms with E-state index in [1.54, 1.807) is 0 Å². The van der Waals surface area contributed by atoms with E-state index in [0.717, 1.165) is 22.5 Å². The van der Waals surface area contributed by atoms with Crippen molar-refractivity contribution in [3.05, 3.63) is 22.3 Å². The molecule has 0 bridgehead atoms. The van der Waals surface area contributed by atoms with E-state index in [1.165, 1.54) is 12.8 Å². The van der Waals surface area contributed by atoms with Crippen molar-refractivity contribution in [3.8, 4) is 0 Å². The Labute approximate surface area is 107 Å². The Morgan fingerprint density at radius 2 is 2.06 bits per heavy atom. The molecule has 0 spiro atoms. The highest BCUT2D eigenvalue weighted by Gasteiger charge is 2.16. The second-order valence-corrected chi connectivity index (χ2v) is 5.89. The number of hydrogen-bond donors (Lipinski definition) is 1. The number of nitrogens with zero attached hydrogens (tertiary/aromatic N) is 1. The fraction of sp³-hybridized carbons (Fsp3) is 0.615. The van der Waals surface area contributed by atoms with E-state index in [2.05, 4.69) is 47.0 Å². The molecule has 16 heavy (non-hydrogen) atoms. The van der Waals surface area contributed by atoms with Crippen molar-refractivity contribution >= 4 is 21.7 Å². The highest BCUT2D eigenvalue weighted by Crippen LogP contribution is 2.23. The first kappa shape index (κ1) is 13.5. The van der Waals surface area contributed by atoms with Crippen molar-refractivity contribution in [3.63, 3.8) is 0 Å². The quantitative estimate of drug-likeness (QED) is 0.867. The van der Waals surface area contributed by atoms with Crippen molar-refractivity contribution in [1.82, 2.24) is 4.98 Å². The summed E-state index contributed by atoms with van der Waals surface area (Å²) < 4.78 is 1.06. The first-order valence-corrected chi connectivity index (χ1v) is 6.61. The molecule has 0 aromatic carbocycles. The summed E-state index contributed by atoms with van der Waals surface area (Å²) in [5.74, 6) is 0.963. The first-order chi connectivity index (χ1) is 7.44. The van der Waals surface area contributed by atoms with Gasteiger partial charge in [-0.25, -0.2) is 4.98 Å². The van der Waals surface area contributed by atoms with Crippen molar-refractivity contribution in [2.45, 2.75) is 40.5 Å². The molecule has 0 atom stereocenters. The molecule has 0 aliphatic rings. The smallest absolute Gasteiger partial charge is 0.126 e. The van der Waals surface area contributed by atoms with Crippen LogP contribution in [0.1, 0.15) is 39.3 Å². The van der Waals surface area contributed by atoms with Crippen molar-refractivity contribution < 1.29 is 0 Å². The van der Waals surface area contributed by atoms with E-state index in [4.69, 9.17) is 0 Å². The number of halogens is 1. The van der Waals surface area contributed by atoms with Gasteiger partial charge in [-0.2, -0.15) is 0 Å². The molecular weight excluding hydrogens is 264 g/mol. The average molecular weight is 285 g/mol. The molecular formula is C13H21BrN2. The van der Waals surface area contributed by atoms with Gasteiger partial charge in [-0.1, -0.05) is 27.2 Å². The largest absolute Gasteiger partial charge is 0.370 e. The van der Waals surface area contributed by atoms with Gasteiger partial charge in [-0.3, -0.25) is 0 Å². The number of hydrogen-bond acceptors (Lipinski definition) is 2. The van der Waals surface area contributed by atoms with Crippen LogP contribution in [0.15, 0.2) is 16.6 Å². The second-order valence-electron chi connectivity index (χ2n) is 5.03. The second kappa shape index (κ2) is 5.67. The van der Waals surface area contributed by atoms with Crippen molar-refractivity contribution in [1.29, 1.82) is 0 Å². The lowest BCUT2D eigenvalue weighted by Gasteiger charge is -2.24. The third-order valence-corrected chi connectivity index (χ3v) is 3.53. The summed E-state index contributed by atoms with van der Waals surface area (Å²) in [6.45, 7) is 9.77. The minimum atomic E-state index is 0.331. The van der Waals surface area contributed by atoms with Gasteiger partial charge in [0.1, 0.15) is 5.82 Å². The van der Waals surface area contributed by atoms with E-state index in [0.29, 0.717) is 5.41 Å². The van der Waals surface area contributed by atoms with Crippen LogP contribution in [0.4, 0.5) is 5.82 Å². The standard InChI is InChI=1S/C13H21BrN2/c1-5-8-13(3,4)9-15-12-7-6-11(14)10(2)16-12/h6-7H,5,8-9H2,1-4H3,(H,15,16). The van der Waals surface area contributed by atoms with E-state index in [1.807, 2.05) is 19.1 Å². The van der Waals surface area contributed by atoms with Crippen LogP contribution < -0.4 is 5.32 Å².